The fourth-order valence-corrected chi connectivity index (χ4v) is 1.62. The Hall–Kier alpha value is -0.0400. The lowest BCUT2D eigenvalue weighted by molar-refractivity contribution is 0.100. The molecule has 0 heterocycles. The van der Waals surface area contributed by atoms with Crippen molar-refractivity contribution in [2.45, 2.75) is 65.9 Å². The molecule has 13 heavy (non-hydrogen) atoms. The molecule has 0 aromatic heterocycles. The highest BCUT2D eigenvalue weighted by Gasteiger charge is 2.12. The van der Waals surface area contributed by atoms with Crippen molar-refractivity contribution in [3.8, 4) is 0 Å². The lowest BCUT2D eigenvalue weighted by atomic mass is 9.93. The summed E-state index contributed by atoms with van der Waals surface area (Å²) in [5.41, 5.74) is 0. The summed E-state index contributed by atoms with van der Waals surface area (Å²) in [6.45, 7) is 8.81. The summed E-state index contributed by atoms with van der Waals surface area (Å²) < 4.78 is 0. The minimum absolute atomic E-state index is 0.0721. The van der Waals surface area contributed by atoms with Crippen LogP contribution in [0.1, 0.15) is 59.8 Å². The summed E-state index contributed by atoms with van der Waals surface area (Å²) >= 11 is 0. The largest absolute Gasteiger partial charge is 0.393 e. The number of hydrogen-bond donors (Lipinski definition) is 1. The standard InChI is InChI=1S/C12H26O/c1-5-7-12(13)11(4)9-6-8-10(2)3/h10-13H,5-9H2,1-4H3/t11-,12-/m0/s1. The van der Waals surface area contributed by atoms with Crippen molar-refractivity contribution < 1.29 is 5.11 Å². The maximum atomic E-state index is 9.68. The Morgan fingerprint density at radius 3 is 2.08 bits per heavy atom. The third-order valence-electron chi connectivity index (χ3n) is 2.68. The highest BCUT2D eigenvalue weighted by molar-refractivity contribution is 4.64. The highest BCUT2D eigenvalue weighted by atomic mass is 16.3. The van der Waals surface area contributed by atoms with E-state index in [1.165, 1.54) is 19.3 Å². The molecular weight excluding hydrogens is 160 g/mol. The van der Waals surface area contributed by atoms with E-state index < -0.39 is 0 Å². The maximum Gasteiger partial charge on any atom is 0.0565 e. The van der Waals surface area contributed by atoms with Gasteiger partial charge in [0, 0.05) is 0 Å². The molecule has 0 rings (SSSR count). The zero-order chi connectivity index (χ0) is 10.3. The number of rotatable bonds is 7. The zero-order valence-electron chi connectivity index (χ0n) is 9.71. The van der Waals surface area contributed by atoms with Gasteiger partial charge < -0.3 is 5.11 Å². The maximum absolute atomic E-state index is 9.68. The van der Waals surface area contributed by atoms with E-state index in [0.29, 0.717) is 5.92 Å². The minimum Gasteiger partial charge on any atom is -0.393 e. The first-order valence-electron chi connectivity index (χ1n) is 5.76. The molecule has 0 bridgehead atoms. The number of aliphatic hydroxyl groups is 1. The predicted molar refractivity (Wildman–Crippen MR) is 58.8 cm³/mol. The van der Waals surface area contributed by atoms with Crippen molar-refractivity contribution in [3.63, 3.8) is 0 Å². The van der Waals surface area contributed by atoms with E-state index in [2.05, 4.69) is 27.7 Å². The van der Waals surface area contributed by atoms with E-state index in [4.69, 9.17) is 0 Å². The second kappa shape index (κ2) is 7.37. The first kappa shape index (κ1) is 13.0. The summed E-state index contributed by atoms with van der Waals surface area (Å²) in [7, 11) is 0. The molecule has 0 fully saturated rings. The van der Waals surface area contributed by atoms with E-state index in [1.54, 1.807) is 0 Å². The van der Waals surface area contributed by atoms with Crippen LogP contribution in [-0.2, 0) is 0 Å². The predicted octanol–water partition coefficient (Wildman–Crippen LogP) is 3.61. The van der Waals surface area contributed by atoms with E-state index in [1.807, 2.05) is 0 Å². The van der Waals surface area contributed by atoms with Gasteiger partial charge in [-0.3, -0.25) is 0 Å². The van der Waals surface area contributed by atoms with Crippen molar-refractivity contribution >= 4 is 0 Å². The second-order valence-electron chi connectivity index (χ2n) is 4.66. The van der Waals surface area contributed by atoms with E-state index in [9.17, 15) is 5.11 Å². The van der Waals surface area contributed by atoms with Gasteiger partial charge in [-0.1, -0.05) is 47.0 Å². The minimum atomic E-state index is -0.0721. The molecule has 0 saturated heterocycles. The molecule has 1 N–H and O–H groups in total. The first-order chi connectivity index (χ1) is 6.07. The molecule has 1 heteroatoms. The van der Waals surface area contributed by atoms with Crippen LogP contribution in [0.25, 0.3) is 0 Å². The molecule has 0 aliphatic carbocycles. The van der Waals surface area contributed by atoms with Crippen LogP contribution in [-0.4, -0.2) is 11.2 Å². The van der Waals surface area contributed by atoms with Gasteiger partial charge in [0.25, 0.3) is 0 Å². The summed E-state index contributed by atoms with van der Waals surface area (Å²) in [5, 5.41) is 9.68. The molecule has 0 aliphatic heterocycles. The van der Waals surface area contributed by atoms with Gasteiger partial charge in [0.2, 0.25) is 0 Å². The first-order valence-corrected chi connectivity index (χ1v) is 5.76. The van der Waals surface area contributed by atoms with Crippen LogP contribution in [0, 0.1) is 11.8 Å². The Kier molecular flexibility index (Phi) is 7.35. The third-order valence-corrected chi connectivity index (χ3v) is 2.68. The van der Waals surface area contributed by atoms with Crippen molar-refractivity contribution in [3.05, 3.63) is 0 Å². The van der Waals surface area contributed by atoms with Crippen LogP contribution < -0.4 is 0 Å². The van der Waals surface area contributed by atoms with Crippen molar-refractivity contribution in [1.82, 2.24) is 0 Å². The average molecular weight is 186 g/mol. The van der Waals surface area contributed by atoms with Crippen molar-refractivity contribution in [2.24, 2.45) is 11.8 Å². The molecule has 0 radical (unpaired) electrons. The van der Waals surface area contributed by atoms with Gasteiger partial charge in [-0.15, -0.1) is 0 Å². The van der Waals surface area contributed by atoms with E-state index >= 15 is 0 Å². The monoisotopic (exact) mass is 186 g/mol. The van der Waals surface area contributed by atoms with Crippen molar-refractivity contribution in [2.75, 3.05) is 0 Å². The SMILES string of the molecule is CCC[C@H](O)[C@@H](C)CCCC(C)C. The van der Waals surface area contributed by atoms with Gasteiger partial charge in [-0.05, 0) is 24.7 Å². The number of hydrogen-bond acceptors (Lipinski definition) is 1. The summed E-state index contributed by atoms with van der Waals surface area (Å²) in [6, 6.07) is 0. The molecule has 0 aliphatic rings. The van der Waals surface area contributed by atoms with Crippen LogP contribution in [0.2, 0.25) is 0 Å². The Morgan fingerprint density at radius 1 is 1.00 bits per heavy atom. The van der Waals surface area contributed by atoms with Crippen LogP contribution in [0.3, 0.4) is 0 Å². The zero-order valence-corrected chi connectivity index (χ0v) is 9.71. The molecule has 0 unspecified atom stereocenters. The molecule has 1 nitrogen and oxygen atoms in total. The fraction of sp³-hybridized carbons (Fsp3) is 1.00. The van der Waals surface area contributed by atoms with Gasteiger partial charge >= 0.3 is 0 Å². The molecule has 0 aromatic rings. The van der Waals surface area contributed by atoms with Crippen LogP contribution in [0.4, 0.5) is 0 Å². The molecule has 0 aromatic carbocycles. The fourth-order valence-electron chi connectivity index (χ4n) is 1.62. The lowest BCUT2D eigenvalue weighted by Crippen LogP contribution is -2.17. The molecule has 80 valence electrons. The molecule has 0 amide bonds. The highest BCUT2D eigenvalue weighted by Crippen LogP contribution is 2.17. The Bertz CT molecular complexity index is 110. The molecular formula is C12H26O. The van der Waals surface area contributed by atoms with Gasteiger partial charge in [-0.25, -0.2) is 0 Å². The third kappa shape index (κ3) is 7.06. The average Bonchev–Trinajstić information content (AvgIpc) is 2.04. The van der Waals surface area contributed by atoms with Crippen molar-refractivity contribution in [1.29, 1.82) is 0 Å². The van der Waals surface area contributed by atoms with Gasteiger partial charge in [0.15, 0.2) is 0 Å². The van der Waals surface area contributed by atoms with Gasteiger partial charge in [0.05, 0.1) is 6.10 Å². The Balaban J connectivity index is 3.43. The van der Waals surface area contributed by atoms with Crippen LogP contribution in [0.5, 0.6) is 0 Å². The molecule has 0 saturated carbocycles. The molecule has 2 atom stereocenters. The summed E-state index contributed by atoms with van der Waals surface area (Å²) in [4.78, 5) is 0. The quantitative estimate of drug-likeness (QED) is 0.644. The van der Waals surface area contributed by atoms with E-state index in [0.717, 1.165) is 18.8 Å². The summed E-state index contributed by atoms with van der Waals surface area (Å²) in [5.74, 6) is 1.29. The topological polar surface area (TPSA) is 20.2 Å². The van der Waals surface area contributed by atoms with Crippen LogP contribution in [0.15, 0.2) is 0 Å². The number of aliphatic hydroxyl groups excluding tert-OH is 1. The van der Waals surface area contributed by atoms with Gasteiger partial charge in [0.1, 0.15) is 0 Å². The Labute approximate surface area is 83.5 Å². The summed E-state index contributed by atoms with van der Waals surface area (Å²) in [6.07, 6.45) is 5.72. The normalized spacial score (nSPS) is 16.2. The van der Waals surface area contributed by atoms with Gasteiger partial charge in [-0.2, -0.15) is 0 Å². The lowest BCUT2D eigenvalue weighted by Gasteiger charge is -2.18. The van der Waals surface area contributed by atoms with E-state index in [-0.39, 0.29) is 6.10 Å². The smallest absolute Gasteiger partial charge is 0.0565 e. The Morgan fingerprint density at radius 2 is 1.62 bits per heavy atom. The van der Waals surface area contributed by atoms with Crippen LogP contribution >= 0.6 is 0 Å². The molecule has 0 spiro atoms. The second-order valence-corrected chi connectivity index (χ2v) is 4.66.